The van der Waals surface area contributed by atoms with Crippen molar-refractivity contribution in [3.8, 4) is 5.69 Å². The van der Waals surface area contributed by atoms with Gasteiger partial charge in [-0.15, -0.1) is 0 Å². The van der Waals surface area contributed by atoms with Crippen LogP contribution in [-0.4, -0.2) is 33.9 Å². The number of rotatable bonds is 4. The first kappa shape index (κ1) is 21.3. The standard InChI is InChI=1S/C24H18FN5O4S/c25-18-13-26-29(14-18)20-5-3-19(4-6-20)28-10-9-17-12-27-30(22(17)15-28)35(32,33)21-7-1-16-2-8-24(31)34-23(16)11-21/h1-8,11-14H,9-10,15H2. The topological polar surface area (TPSA) is 103 Å². The van der Waals surface area contributed by atoms with Crippen molar-refractivity contribution in [1.29, 1.82) is 0 Å². The van der Waals surface area contributed by atoms with Crippen LogP contribution in [0.1, 0.15) is 11.3 Å². The number of hydrogen-bond donors (Lipinski definition) is 0. The average Bonchev–Trinajstić information content (AvgIpc) is 3.50. The van der Waals surface area contributed by atoms with Crippen molar-refractivity contribution in [2.45, 2.75) is 17.9 Å². The van der Waals surface area contributed by atoms with Crippen LogP contribution in [0.15, 0.2) is 87.3 Å². The van der Waals surface area contributed by atoms with E-state index < -0.39 is 21.5 Å². The average molecular weight is 492 g/mol. The summed E-state index contributed by atoms with van der Waals surface area (Å²) in [6.45, 7) is 1.03. The van der Waals surface area contributed by atoms with Gasteiger partial charge in [0.15, 0.2) is 5.82 Å². The Morgan fingerprint density at radius 2 is 1.71 bits per heavy atom. The lowest BCUT2D eigenvalue weighted by Gasteiger charge is -2.29. The van der Waals surface area contributed by atoms with Crippen LogP contribution in [0.4, 0.5) is 10.1 Å². The maximum absolute atomic E-state index is 13.5. The highest BCUT2D eigenvalue weighted by atomic mass is 32.2. The Morgan fingerprint density at radius 1 is 0.943 bits per heavy atom. The first-order valence-corrected chi connectivity index (χ1v) is 12.2. The summed E-state index contributed by atoms with van der Waals surface area (Å²) in [5.41, 5.74) is 2.68. The Morgan fingerprint density at radius 3 is 2.49 bits per heavy atom. The van der Waals surface area contributed by atoms with E-state index >= 15 is 0 Å². The number of fused-ring (bicyclic) bond motifs is 2. The van der Waals surface area contributed by atoms with Crippen LogP contribution in [0.5, 0.6) is 0 Å². The molecule has 176 valence electrons. The van der Waals surface area contributed by atoms with Crippen molar-refractivity contribution in [2.75, 3.05) is 11.4 Å². The van der Waals surface area contributed by atoms with E-state index in [1.807, 2.05) is 24.3 Å². The third-order valence-electron chi connectivity index (χ3n) is 6.06. The Bertz CT molecular complexity index is 1740. The molecule has 6 rings (SSSR count). The summed E-state index contributed by atoms with van der Waals surface area (Å²) in [7, 11) is -4.02. The van der Waals surface area contributed by atoms with Gasteiger partial charge in [0.2, 0.25) is 0 Å². The summed E-state index contributed by atoms with van der Waals surface area (Å²) < 4.78 is 47.9. The zero-order valence-corrected chi connectivity index (χ0v) is 19.0. The van der Waals surface area contributed by atoms with Gasteiger partial charge >= 0.3 is 5.63 Å². The van der Waals surface area contributed by atoms with Crippen LogP contribution in [0.2, 0.25) is 0 Å². The molecule has 0 aliphatic carbocycles. The highest BCUT2D eigenvalue weighted by Crippen LogP contribution is 2.28. The molecule has 0 bridgehead atoms. The van der Waals surface area contributed by atoms with Crippen LogP contribution in [0.3, 0.4) is 0 Å². The van der Waals surface area contributed by atoms with Crippen molar-refractivity contribution in [3.63, 3.8) is 0 Å². The fraction of sp³-hybridized carbons (Fsp3) is 0.125. The molecule has 3 aromatic heterocycles. The molecule has 0 spiro atoms. The molecule has 0 radical (unpaired) electrons. The molecule has 2 aromatic carbocycles. The molecular weight excluding hydrogens is 473 g/mol. The molecule has 0 saturated heterocycles. The van der Waals surface area contributed by atoms with E-state index in [1.165, 1.54) is 29.1 Å². The van der Waals surface area contributed by atoms with E-state index in [4.69, 9.17) is 4.42 Å². The molecule has 1 aliphatic rings. The van der Waals surface area contributed by atoms with E-state index in [9.17, 15) is 17.6 Å². The van der Waals surface area contributed by atoms with Gasteiger partial charge < -0.3 is 9.32 Å². The molecule has 4 heterocycles. The van der Waals surface area contributed by atoms with Gasteiger partial charge in [-0.3, -0.25) is 0 Å². The molecule has 0 fully saturated rings. The van der Waals surface area contributed by atoms with Gasteiger partial charge in [0.1, 0.15) is 5.58 Å². The summed E-state index contributed by atoms with van der Waals surface area (Å²) in [5.74, 6) is -0.416. The van der Waals surface area contributed by atoms with E-state index in [2.05, 4.69) is 15.1 Å². The van der Waals surface area contributed by atoms with Gasteiger partial charge in [0.25, 0.3) is 10.0 Å². The number of anilines is 1. The lowest BCUT2D eigenvalue weighted by Crippen LogP contribution is -2.32. The Balaban J connectivity index is 1.32. The van der Waals surface area contributed by atoms with Crippen LogP contribution < -0.4 is 10.5 Å². The van der Waals surface area contributed by atoms with Crippen molar-refractivity contribution in [1.82, 2.24) is 19.0 Å². The minimum Gasteiger partial charge on any atom is -0.423 e. The molecule has 35 heavy (non-hydrogen) atoms. The molecule has 11 heteroatoms. The van der Waals surface area contributed by atoms with Gasteiger partial charge in [0.05, 0.1) is 41.4 Å². The fourth-order valence-electron chi connectivity index (χ4n) is 4.26. The SMILES string of the molecule is O=c1ccc2ccc(S(=O)(=O)n3ncc4c3CN(c3ccc(-n5cc(F)cn5)cc3)CC4)cc2o1. The zero-order valence-electron chi connectivity index (χ0n) is 18.2. The number of nitrogens with zero attached hydrogens (tertiary/aromatic N) is 5. The van der Waals surface area contributed by atoms with Gasteiger partial charge in [0, 0.05) is 29.8 Å². The highest BCUT2D eigenvalue weighted by Gasteiger charge is 2.28. The number of halogens is 1. The quantitative estimate of drug-likeness (QED) is 0.356. The molecule has 0 amide bonds. The maximum atomic E-state index is 13.5. The van der Waals surface area contributed by atoms with Crippen LogP contribution >= 0.6 is 0 Å². The molecule has 9 nitrogen and oxygen atoms in total. The second-order valence-electron chi connectivity index (χ2n) is 8.21. The molecule has 0 unspecified atom stereocenters. The monoisotopic (exact) mass is 491 g/mol. The summed E-state index contributed by atoms with van der Waals surface area (Å²) >= 11 is 0. The molecule has 0 atom stereocenters. The third-order valence-corrected chi connectivity index (χ3v) is 7.68. The van der Waals surface area contributed by atoms with E-state index in [0.29, 0.717) is 36.3 Å². The van der Waals surface area contributed by atoms with Crippen molar-refractivity contribution in [2.24, 2.45) is 0 Å². The molecule has 1 aliphatic heterocycles. The number of hydrogen-bond acceptors (Lipinski definition) is 7. The minimum atomic E-state index is -4.02. The second kappa shape index (κ2) is 7.91. The van der Waals surface area contributed by atoms with E-state index in [1.54, 1.807) is 18.3 Å². The normalized spacial score (nSPS) is 13.8. The fourth-order valence-corrected chi connectivity index (χ4v) is 5.59. The summed E-state index contributed by atoms with van der Waals surface area (Å²) in [6.07, 6.45) is 4.65. The van der Waals surface area contributed by atoms with Crippen LogP contribution in [-0.2, 0) is 23.0 Å². The first-order chi connectivity index (χ1) is 16.9. The summed E-state index contributed by atoms with van der Waals surface area (Å²) in [5, 5.41) is 8.78. The molecule has 0 saturated carbocycles. The number of aromatic nitrogens is 4. The maximum Gasteiger partial charge on any atom is 0.336 e. The lowest BCUT2D eigenvalue weighted by molar-refractivity contribution is 0.557. The van der Waals surface area contributed by atoms with E-state index in [-0.39, 0.29) is 10.5 Å². The van der Waals surface area contributed by atoms with Crippen LogP contribution in [0.25, 0.3) is 16.7 Å². The third kappa shape index (κ3) is 3.69. The predicted molar refractivity (Wildman–Crippen MR) is 126 cm³/mol. The Labute approximate surface area is 198 Å². The van der Waals surface area contributed by atoms with Gasteiger partial charge in [-0.2, -0.15) is 22.7 Å². The highest BCUT2D eigenvalue weighted by molar-refractivity contribution is 7.89. The van der Waals surface area contributed by atoms with Gasteiger partial charge in [-0.05, 0) is 54.4 Å². The predicted octanol–water partition coefficient (Wildman–Crippen LogP) is 3.11. The molecule has 0 N–H and O–H groups in total. The van der Waals surface area contributed by atoms with E-state index in [0.717, 1.165) is 21.5 Å². The smallest absolute Gasteiger partial charge is 0.336 e. The second-order valence-corrected chi connectivity index (χ2v) is 9.98. The summed E-state index contributed by atoms with van der Waals surface area (Å²) in [6, 6.07) is 14.7. The van der Waals surface area contributed by atoms with Crippen molar-refractivity contribution < 1.29 is 17.2 Å². The Kier molecular flexibility index (Phi) is 4.81. The number of benzene rings is 2. The van der Waals surface area contributed by atoms with Crippen LogP contribution in [0, 0.1) is 5.82 Å². The minimum absolute atomic E-state index is 0.0156. The molecule has 5 aromatic rings. The Hall–Kier alpha value is -4.25. The van der Waals surface area contributed by atoms with Gasteiger partial charge in [-0.25, -0.2) is 13.9 Å². The van der Waals surface area contributed by atoms with Gasteiger partial charge in [-0.1, -0.05) is 0 Å². The van der Waals surface area contributed by atoms with Crippen molar-refractivity contribution >= 4 is 26.7 Å². The molecular formula is C24H18FN5O4S. The zero-order chi connectivity index (χ0) is 24.2. The first-order valence-electron chi connectivity index (χ1n) is 10.8. The summed E-state index contributed by atoms with van der Waals surface area (Å²) in [4.78, 5) is 13.6. The lowest BCUT2D eigenvalue weighted by atomic mass is 10.1. The largest absolute Gasteiger partial charge is 0.423 e. The van der Waals surface area contributed by atoms with Crippen molar-refractivity contribution in [3.05, 3.63) is 101 Å².